The first kappa shape index (κ1) is 15.3. The Morgan fingerprint density at radius 1 is 1.36 bits per heavy atom. The molecule has 1 aliphatic carbocycles. The molecule has 22 heavy (non-hydrogen) atoms. The van der Waals surface area contributed by atoms with Gasteiger partial charge in [-0.1, -0.05) is 18.2 Å². The Hall–Kier alpha value is -1.59. The van der Waals surface area contributed by atoms with Gasteiger partial charge >= 0.3 is 0 Å². The molecule has 5 nitrogen and oxygen atoms in total. The fourth-order valence-electron chi connectivity index (χ4n) is 2.90. The van der Waals surface area contributed by atoms with Crippen molar-refractivity contribution in [2.75, 3.05) is 40.0 Å². The lowest BCUT2D eigenvalue weighted by molar-refractivity contribution is -0.139. The number of hydrogen-bond acceptors (Lipinski definition) is 4. The maximum absolute atomic E-state index is 12.5. The van der Waals surface area contributed by atoms with Gasteiger partial charge in [0.2, 0.25) is 5.91 Å². The third-order valence-corrected chi connectivity index (χ3v) is 4.34. The third-order valence-electron chi connectivity index (χ3n) is 4.34. The zero-order valence-electron chi connectivity index (χ0n) is 13.1. The number of carbonyl (C=O) groups is 1. The number of hydrogen-bond donors (Lipinski definition) is 1. The summed E-state index contributed by atoms with van der Waals surface area (Å²) in [4.78, 5) is 14.4. The van der Waals surface area contributed by atoms with Gasteiger partial charge in [0.05, 0.1) is 19.8 Å². The van der Waals surface area contributed by atoms with E-state index in [4.69, 9.17) is 9.47 Å². The second kappa shape index (κ2) is 7.11. The molecule has 1 saturated heterocycles. The summed E-state index contributed by atoms with van der Waals surface area (Å²) < 4.78 is 11.0. The molecule has 0 spiro atoms. The highest BCUT2D eigenvalue weighted by Gasteiger charge is 2.30. The lowest BCUT2D eigenvalue weighted by Gasteiger charge is -2.37. The Morgan fingerprint density at radius 3 is 2.95 bits per heavy atom. The van der Waals surface area contributed by atoms with Crippen LogP contribution in [0.25, 0.3) is 0 Å². The minimum Gasteiger partial charge on any atom is -0.496 e. The summed E-state index contributed by atoms with van der Waals surface area (Å²) in [6.45, 7) is 3.17. The normalized spacial score (nSPS) is 21.7. The van der Waals surface area contributed by atoms with E-state index in [1.54, 1.807) is 7.11 Å². The first-order valence-corrected chi connectivity index (χ1v) is 8.00. The minimum absolute atomic E-state index is 0.00178. The number of rotatable bonds is 6. The standard InChI is InChI=1S/C17H24N2O3/c1-21-16-5-3-2-4-14(16)15-10-18-8-9-19(15)17(20)12-22-11-13-6-7-13/h2-5,13,15,18H,6-12H2,1H3. The summed E-state index contributed by atoms with van der Waals surface area (Å²) in [7, 11) is 1.67. The van der Waals surface area contributed by atoms with Gasteiger partial charge in [-0.2, -0.15) is 0 Å². The number of benzene rings is 1. The van der Waals surface area contributed by atoms with Crippen LogP contribution in [0, 0.1) is 5.92 Å². The van der Waals surface area contributed by atoms with E-state index in [1.165, 1.54) is 12.8 Å². The molecule has 0 radical (unpaired) electrons. The van der Waals surface area contributed by atoms with Gasteiger partial charge in [-0.3, -0.25) is 4.79 Å². The SMILES string of the molecule is COc1ccccc1C1CNCCN1C(=O)COCC1CC1. The van der Waals surface area contributed by atoms with E-state index in [9.17, 15) is 4.79 Å². The minimum atomic E-state index is 0.00178. The van der Waals surface area contributed by atoms with Crippen molar-refractivity contribution in [3.63, 3.8) is 0 Å². The molecule has 1 N–H and O–H groups in total. The van der Waals surface area contributed by atoms with Crippen LogP contribution in [0.4, 0.5) is 0 Å². The van der Waals surface area contributed by atoms with Crippen LogP contribution in [-0.4, -0.2) is 50.8 Å². The van der Waals surface area contributed by atoms with E-state index in [0.29, 0.717) is 12.5 Å². The summed E-state index contributed by atoms with van der Waals surface area (Å²) in [6.07, 6.45) is 2.48. The maximum Gasteiger partial charge on any atom is 0.249 e. The molecule has 1 unspecified atom stereocenters. The second-order valence-corrected chi connectivity index (χ2v) is 6.01. The number of nitrogens with one attached hydrogen (secondary N) is 1. The number of nitrogens with zero attached hydrogens (tertiary/aromatic N) is 1. The van der Waals surface area contributed by atoms with Gasteiger partial charge < -0.3 is 19.7 Å². The highest BCUT2D eigenvalue weighted by atomic mass is 16.5. The fraction of sp³-hybridized carbons (Fsp3) is 0.588. The van der Waals surface area contributed by atoms with Crippen molar-refractivity contribution in [3.05, 3.63) is 29.8 Å². The molecule has 0 bridgehead atoms. The number of methoxy groups -OCH3 is 1. The van der Waals surface area contributed by atoms with E-state index >= 15 is 0 Å². The number of amides is 1. The molecule has 3 rings (SSSR count). The van der Waals surface area contributed by atoms with Crippen LogP contribution in [0.1, 0.15) is 24.4 Å². The van der Waals surface area contributed by atoms with Crippen LogP contribution in [0.15, 0.2) is 24.3 Å². The summed E-state index contributed by atoms with van der Waals surface area (Å²) >= 11 is 0. The van der Waals surface area contributed by atoms with Gasteiger partial charge in [0.15, 0.2) is 0 Å². The van der Waals surface area contributed by atoms with Crippen molar-refractivity contribution in [1.29, 1.82) is 0 Å². The van der Waals surface area contributed by atoms with Crippen LogP contribution in [0.5, 0.6) is 5.75 Å². The van der Waals surface area contributed by atoms with E-state index in [2.05, 4.69) is 5.32 Å². The van der Waals surface area contributed by atoms with Crippen molar-refractivity contribution in [1.82, 2.24) is 10.2 Å². The Bertz CT molecular complexity index is 516. The van der Waals surface area contributed by atoms with Crippen molar-refractivity contribution >= 4 is 5.91 Å². The van der Waals surface area contributed by atoms with E-state index in [1.807, 2.05) is 29.2 Å². The smallest absolute Gasteiger partial charge is 0.249 e. The molecule has 1 atom stereocenters. The predicted molar refractivity (Wildman–Crippen MR) is 83.9 cm³/mol. The summed E-state index contributed by atoms with van der Waals surface area (Å²) in [6, 6.07) is 7.90. The largest absolute Gasteiger partial charge is 0.496 e. The number of para-hydroxylation sites is 1. The molecule has 2 fully saturated rings. The third kappa shape index (κ3) is 3.59. The van der Waals surface area contributed by atoms with Gasteiger partial charge in [0.25, 0.3) is 0 Å². The monoisotopic (exact) mass is 304 g/mol. The van der Waals surface area contributed by atoms with Crippen LogP contribution < -0.4 is 10.1 Å². The van der Waals surface area contributed by atoms with Gasteiger partial charge in [0, 0.05) is 25.2 Å². The van der Waals surface area contributed by atoms with Gasteiger partial charge in [0.1, 0.15) is 12.4 Å². The zero-order chi connectivity index (χ0) is 15.4. The Morgan fingerprint density at radius 2 is 2.18 bits per heavy atom. The Balaban J connectivity index is 1.68. The van der Waals surface area contributed by atoms with Crippen LogP contribution in [0.2, 0.25) is 0 Å². The molecule has 0 aromatic heterocycles. The summed E-state index contributed by atoms with van der Waals surface area (Å²) in [5.74, 6) is 1.58. The second-order valence-electron chi connectivity index (χ2n) is 6.01. The average molecular weight is 304 g/mol. The quantitative estimate of drug-likeness (QED) is 0.867. The van der Waals surface area contributed by atoms with Crippen molar-refractivity contribution in [2.24, 2.45) is 5.92 Å². The Kier molecular flexibility index (Phi) is 4.95. The molecule has 1 aromatic carbocycles. The molecule has 2 aliphatic rings. The van der Waals surface area contributed by atoms with Crippen LogP contribution >= 0.6 is 0 Å². The molecule has 1 aliphatic heterocycles. The van der Waals surface area contributed by atoms with E-state index in [0.717, 1.165) is 31.0 Å². The van der Waals surface area contributed by atoms with Crippen molar-refractivity contribution < 1.29 is 14.3 Å². The molecule has 1 amide bonds. The number of ether oxygens (including phenoxy) is 2. The Labute approximate surface area is 131 Å². The summed E-state index contributed by atoms with van der Waals surface area (Å²) in [5.41, 5.74) is 1.05. The average Bonchev–Trinajstić information content (AvgIpc) is 3.39. The lowest BCUT2D eigenvalue weighted by atomic mass is 10.0. The maximum atomic E-state index is 12.5. The molecule has 1 saturated carbocycles. The summed E-state index contributed by atoms with van der Waals surface area (Å²) in [5, 5.41) is 3.36. The lowest BCUT2D eigenvalue weighted by Crippen LogP contribution is -2.49. The van der Waals surface area contributed by atoms with Crippen molar-refractivity contribution in [3.8, 4) is 5.75 Å². The van der Waals surface area contributed by atoms with Crippen LogP contribution in [-0.2, 0) is 9.53 Å². The molecule has 5 heteroatoms. The first-order valence-electron chi connectivity index (χ1n) is 8.00. The number of carbonyl (C=O) groups excluding carboxylic acids is 1. The highest BCUT2D eigenvalue weighted by molar-refractivity contribution is 5.78. The van der Waals surface area contributed by atoms with E-state index < -0.39 is 0 Å². The van der Waals surface area contributed by atoms with Crippen LogP contribution in [0.3, 0.4) is 0 Å². The van der Waals surface area contributed by atoms with Gasteiger partial charge in [-0.15, -0.1) is 0 Å². The fourth-order valence-corrected chi connectivity index (χ4v) is 2.90. The van der Waals surface area contributed by atoms with Gasteiger partial charge in [-0.05, 0) is 24.8 Å². The highest BCUT2D eigenvalue weighted by Crippen LogP contribution is 2.31. The molecule has 120 valence electrons. The van der Waals surface area contributed by atoms with Gasteiger partial charge in [-0.25, -0.2) is 0 Å². The topological polar surface area (TPSA) is 50.8 Å². The molecular weight excluding hydrogens is 280 g/mol. The number of piperazine rings is 1. The van der Waals surface area contributed by atoms with E-state index in [-0.39, 0.29) is 18.6 Å². The zero-order valence-corrected chi connectivity index (χ0v) is 13.1. The molecule has 1 aromatic rings. The predicted octanol–water partition coefficient (Wildman–Crippen LogP) is 1.59. The molecular formula is C17H24N2O3. The first-order chi connectivity index (χ1) is 10.8. The molecule has 1 heterocycles. The van der Waals surface area contributed by atoms with Crippen molar-refractivity contribution in [2.45, 2.75) is 18.9 Å².